The van der Waals surface area contributed by atoms with E-state index in [2.05, 4.69) is 21.9 Å². The number of nitrogens with zero attached hydrogens (tertiary/aromatic N) is 3. The van der Waals surface area contributed by atoms with E-state index >= 15 is 0 Å². The number of halogens is 1. The first-order valence-corrected chi connectivity index (χ1v) is 6.39. The third kappa shape index (κ3) is 2.92. The molecule has 2 heterocycles. The molecule has 0 saturated carbocycles. The molecule has 88 valence electrons. The Morgan fingerprint density at radius 1 is 1.44 bits per heavy atom. The van der Waals surface area contributed by atoms with Gasteiger partial charge in [0.2, 0.25) is 0 Å². The predicted octanol–water partition coefficient (Wildman–Crippen LogP) is 2.07. The quantitative estimate of drug-likeness (QED) is 0.757. The topological polar surface area (TPSA) is 29.0 Å². The molecular formula is C12H18ClN3. The SMILES string of the molecule is CN1CCC(c2ccnc(CCCl)n2)CC1. The van der Waals surface area contributed by atoms with Crippen LogP contribution in [0.3, 0.4) is 0 Å². The molecule has 1 saturated heterocycles. The molecule has 0 unspecified atom stereocenters. The third-order valence-corrected chi connectivity index (χ3v) is 3.37. The summed E-state index contributed by atoms with van der Waals surface area (Å²) in [6.45, 7) is 2.33. The van der Waals surface area contributed by atoms with Crippen LogP contribution in [0, 0.1) is 0 Å². The van der Waals surface area contributed by atoms with Gasteiger partial charge in [-0.05, 0) is 39.0 Å². The maximum absolute atomic E-state index is 5.71. The Morgan fingerprint density at radius 2 is 2.19 bits per heavy atom. The lowest BCUT2D eigenvalue weighted by Crippen LogP contribution is -2.29. The Hall–Kier alpha value is -0.670. The molecule has 4 heteroatoms. The summed E-state index contributed by atoms with van der Waals surface area (Å²) >= 11 is 5.71. The monoisotopic (exact) mass is 239 g/mol. The Balaban J connectivity index is 2.05. The summed E-state index contributed by atoms with van der Waals surface area (Å²) in [6.07, 6.45) is 5.03. The van der Waals surface area contributed by atoms with Crippen LogP contribution in [0.4, 0.5) is 0 Å². The van der Waals surface area contributed by atoms with E-state index in [1.165, 1.54) is 31.6 Å². The van der Waals surface area contributed by atoms with Crippen LogP contribution in [0.15, 0.2) is 12.3 Å². The Labute approximate surface area is 102 Å². The minimum absolute atomic E-state index is 0.594. The van der Waals surface area contributed by atoms with E-state index < -0.39 is 0 Å². The van der Waals surface area contributed by atoms with E-state index in [4.69, 9.17) is 11.6 Å². The summed E-state index contributed by atoms with van der Waals surface area (Å²) in [4.78, 5) is 11.2. The van der Waals surface area contributed by atoms with Crippen LogP contribution < -0.4 is 0 Å². The van der Waals surface area contributed by atoms with Crippen LogP contribution in [0.25, 0.3) is 0 Å². The first-order chi connectivity index (χ1) is 7.79. The van der Waals surface area contributed by atoms with Crippen LogP contribution in [0.5, 0.6) is 0 Å². The molecule has 0 aromatic carbocycles. The van der Waals surface area contributed by atoms with Gasteiger partial charge in [-0.15, -0.1) is 11.6 Å². The van der Waals surface area contributed by atoms with Crippen molar-refractivity contribution in [3.8, 4) is 0 Å². The van der Waals surface area contributed by atoms with Crippen LogP contribution in [0.2, 0.25) is 0 Å². The average molecular weight is 240 g/mol. The van der Waals surface area contributed by atoms with Gasteiger partial charge >= 0.3 is 0 Å². The van der Waals surface area contributed by atoms with E-state index in [0.29, 0.717) is 11.8 Å². The maximum atomic E-state index is 5.71. The van der Waals surface area contributed by atoms with Gasteiger partial charge in [0.15, 0.2) is 0 Å². The van der Waals surface area contributed by atoms with Gasteiger partial charge in [0.25, 0.3) is 0 Å². The standard InChI is InChI=1S/C12H18ClN3/c1-16-8-4-10(5-9-16)11-3-7-14-12(15-11)2-6-13/h3,7,10H,2,4-6,8-9H2,1H3. The molecule has 0 atom stereocenters. The number of alkyl halides is 1. The van der Waals surface area contributed by atoms with E-state index in [-0.39, 0.29) is 0 Å². The van der Waals surface area contributed by atoms with Gasteiger partial charge in [-0.3, -0.25) is 0 Å². The van der Waals surface area contributed by atoms with E-state index in [0.717, 1.165) is 12.2 Å². The molecule has 3 nitrogen and oxygen atoms in total. The Bertz CT molecular complexity index is 335. The molecule has 1 aliphatic rings. The van der Waals surface area contributed by atoms with Gasteiger partial charge in [-0.2, -0.15) is 0 Å². The predicted molar refractivity (Wildman–Crippen MR) is 65.9 cm³/mol. The zero-order valence-corrected chi connectivity index (χ0v) is 10.5. The van der Waals surface area contributed by atoms with Crippen molar-refractivity contribution >= 4 is 11.6 Å². The molecule has 0 N–H and O–H groups in total. The lowest BCUT2D eigenvalue weighted by molar-refractivity contribution is 0.253. The molecule has 16 heavy (non-hydrogen) atoms. The van der Waals surface area contributed by atoms with Crippen molar-refractivity contribution in [2.75, 3.05) is 26.0 Å². The van der Waals surface area contributed by atoms with E-state index in [1.807, 2.05) is 12.3 Å². The summed E-state index contributed by atoms with van der Waals surface area (Å²) < 4.78 is 0. The summed E-state index contributed by atoms with van der Waals surface area (Å²) in [7, 11) is 2.18. The third-order valence-electron chi connectivity index (χ3n) is 3.18. The smallest absolute Gasteiger partial charge is 0.129 e. The van der Waals surface area contributed by atoms with Crippen molar-refractivity contribution in [1.82, 2.24) is 14.9 Å². The van der Waals surface area contributed by atoms with Crippen molar-refractivity contribution in [2.24, 2.45) is 0 Å². The number of hydrogen-bond donors (Lipinski definition) is 0. The fourth-order valence-corrected chi connectivity index (χ4v) is 2.32. The van der Waals surface area contributed by atoms with Crippen molar-refractivity contribution < 1.29 is 0 Å². The van der Waals surface area contributed by atoms with Gasteiger partial charge in [0, 0.05) is 30.1 Å². The molecule has 0 bridgehead atoms. The molecule has 0 radical (unpaired) electrons. The molecule has 1 aliphatic heterocycles. The number of aryl methyl sites for hydroxylation is 1. The van der Waals surface area contributed by atoms with Crippen LogP contribution >= 0.6 is 11.6 Å². The highest BCUT2D eigenvalue weighted by atomic mass is 35.5. The largest absolute Gasteiger partial charge is 0.306 e. The molecule has 2 rings (SSSR count). The molecule has 1 fully saturated rings. The molecule has 0 amide bonds. The molecule has 0 aliphatic carbocycles. The second kappa shape index (κ2) is 5.60. The number of hydrogen-bond acceptors (Lipinski definition) is 3. The highest BCUT2D eigenvalue weighted by Crippen LogP contribution is 2.25. The molecule has 0 spiro atoms. The van der Waals surface area contributed by atoms with E-state index in [9.17, 15) is 0 Å². The second-order valence-electron chi connectivity index (χ2n) is 4.41. The number of piperidine rings is 1. The zero-order chi connectivity index (χ0) is 11.4. The number of rotatable bonds is 3. The van der Waals surface area contributed by atoms with Crippen molar-refractivity contribution in [3.05, 3.63) is 23.8 Å². The normalized spacial score (nSPS) is 18.9. The first-order valence-electron chi connectivity index (χ1n) is 5.86. The maximum Gasteiger partial charge on any atom is 0.129 e. The Morgan fingerprint density at radius 3 is 2.88 bits per heavy atom. The van der Waals surface area contributed by atoms with Gasteiger partial charge in [-0.25, -0.2) is 9.97 Å². The number of aromatic nitrogens is 2. The molecule has 1 aromatic heterocycles. The van der Waals surface area contributed by atoms with Gasteiger partial charge in [0.1, 0.15) is 5.82 Å². The highest BCUT2D eigenvalue weighted by Gasteiger charge is 2.19. The summed E-state index contributed by atoms with van der Waals surface area (Å²) in [5.41, 5.74) is 1.20. The van der Waals surface area contributed by atoms with Gasteiger partial charge < -0.3 is 4.90 Å². The molecular weight excluding hydrogens is 222 g/mol. The lowest BCUT2D eigenvalue weighted by atomic mass is 9.93. The zero-order valence-electron chi connectivity index (χ0n) is 9.69. The fourth-order valence-electron chi connectivity index (χ4n) is 2.15. The van der Waals surface area contributed by atoms with Crippen LogP contribution in [-0.4, -0.2) is 40.9 Å². The Kier molecular flexibility index (Phi) is 4.13. The first kappa shape index (κ1) is 11.8. The number of likely N-dealkylation sites (tertiary alicyclic amines) is 1. The van der Waals surface area contributed by atoms with Gasteiger partial charge in [-0.1, -0.05) is 0 Å². The van der Waals surface area contributed by atoms with Crippen molar-refractivity contribution in [3.63, 3.8) is 0 Å². The van der Waals surface area contributed by atoms with E-state index in [1.54, 1.807) is 0 Å². The second-order valence-corrected chi connectivity index (χ2v) is 4.79. The summed E-state index contributed by atoms with van der Waals surface area (Å²) in [5.74, 6) is 2.08. The average Bonchev–Trinajstić information content (AvgIpc) is 2.31. The lowest BCUT2D eigenvalue weighted by Gasteiger charge is -2.28. The summed E-state index contributed by atoms with van der Waals surface area (Å²) in [5, 5.41) is 0. The van der Waals surface area contributed by atoms with Crippen LogP contribution in [0.1, 0.15) is 30.3 Å². The molecule has 1 aromatic rings. The van der Waals surface area contributed by atoms with Crippen molar-refractivity contribution in [1.29, 1.82) is 0 Å². The summed E-state index contributed by atoms with van der Waals surface area (Å²) in [6, 6.07) is 2.05. The van der Waals surface area contributed by atoms with Crippen LogP contribution in [-0.2, 0) is 6.42 Å². The van der Waals surface area contributed by atoms with Gasteiger partial charge in [0.05, 0.1) is 0 Å². The minimum Gasteiger partial charge on any atom is -0.306 e. The fraction of sp³-hybridized carbons (Fsp3) is 0.667. The minimum atomic E-state index is 0.594. The highest BCUT2D eigenvalue weighted by molar-refractivity contribution is 6.17. The van der Waals surface area contributed by atoms with Crippen molar-refractivity contribution in [2.45, 2.75) is 25.2 Å².